The van der Waals surface area contributed by atoms with Crippen molar-refractivity contribution in [3.05, 3.63) is 71.3 Å². The summed E-state index contributed by atoms with van der Waals surface area (Å²) in [5.74, 6) is -0.427. The number of hydrogen-bond acceptors (Lipinski definition) is 4. The van der Waals surface area contributed by atoms with Gasteiger partial charge in [0.1, 0.15) is 5.84 Å². The maximum absolute atomic E-state index is 12.1. The number of rotatable bonds is 10. The summed E-state index contributed by atoms with van der Waals surface area (Å²) in [5.41, 5.74) is 8.21. The van der Waals surface area contributed by atoms with Crippen molar-refractivity contribution in [1.29, 1.82) is 5.41 Å². The van der Waals surface area contributed by atoms with E-state index in [2.05, 4.69) is 16.0 Å². The van der Waals surface area contributed by atoms with Crippen LogP contribution in [0.2, 0.25) is 0 Å². The number of benzene rings is 2. The Kier molecular flexibility index (Phi) is 10.4. The number of nitrogen functional groups attached to an aromatic ring is 1. The molecule has 0 bridgehead atoms. The zero-order chi connectivity index (χ0) is 20.4. The Morgan fingerprint density at radius 1 is 1.00 bits per heavy atom. The Morgan fingerprint density at radius 2 is 1.66 bits per heavy atom. The number of carbonyl (C=O) groups is 2. The molecule has 0 aliphatic heterocycles. The van der Waals surface area contributed by atoms with Gasteiger partial charge in [0.15, 0.2) is 0 Å². The molecule has 156 valence electrons. The molecule has 0 aromatic heterocycles. The molecule has 2 aromatic rings. The smallest absolute Gasteiger partial charge is 0.239 e. The topological polar surface area (TPSA) is 120 Å². The van der Waals surface area contributed by atoms with Crippen molar-refractivity contribution >= 4 is 30.1 Å². The first-order valence-electron chi connectivity index (χ1n) is 9.20. The number of halogens is 1. The zero-order valence-corrected chi connectivity index (χ0v) is 17.2. The summed E-state index contributed by atoms with van der Waals surface area (Å²) < 4.78 is 0. The summed E-state index contributed by atoms with van der Waals surface area (Å²) in [6.45, 7) is 2.72. The lowest BCUT2D eigenvalue weighted by atomic mass is 10.1. The largest absolute Gasteiger partial charge is 0.384 e. The van der Waals surface area contributed by atoms with Crippen molar-refractivity contribution in [1.82, 2.24) is 16.0 Å². The fraction of sp³-hybridized carbons (Fsp3) is 0.286. The average molecular weight is 418 g/mol. The van der Waals surface area contributed by atoms with Crippen molar-refractivity contribution in [2.45, 2.75) is 25.9 Å². The molecule has 2 rings (SSSR count). The molecule has 0 aliphatic carbocycles. The second-order valence-corrected chi connectivity index (χ2v) is 6.52. The van der Waals surface area contributed by atoms with E-state index in [0.717, 1.165) is 17.5 Å². The van der Waals surface area contributed by atoms with E-state index in [1.165, 1.54) is 0 Å². The molecule has 0 saturated heterocycles. The van der Waals surface area contributed by atoms with Crippen LogP contribution in [0.15, 0.2) is 54.6 Å². The molecule has 0 fully saturated rings. The maximum Gasteiger partial charge on any atom is 0.239 e. The summed E-state index contributed by atoms with van der Waals surface area (Å²) in [6, 6.07) is 16.7. The van der Waals surface area contributed by atoms with Gasteiger partial charge in [0.2, 0.25) is 11.8 Å². The standard InChI is InChI=1S/C21H27N5O2.ClH/c1-15(25-13-17-7-9-18(10-8-17)20(22)23)21(28)26-14-19(27)24-12-11-16-5-3-2-4-6-16;/h2-10,15,25H,11-14H2,1H3,(H3,22,23)(H,24,27)(H,26,28);1H. The van der Waals surface area contributed by atoms with Gasteiger partial charge in [-0.2, -0.15) is 0 Å². The fourth-order valence-electron chi connectivity index (χ4n) is 2.54. The average Bonchev–Trinajstić information content (AvgIpc) is 2.71. The number of amidine groups is 1. The Bertz CT molecular complexity index is 796. The van der Waals surface area contributed by atoms with E-state index in [0.29, 0.717) is 18.7 Å². The third-order valence-corrected chi connectivity index (χ3v) is 4.27. The summed E-state index contributed by atoms with van der Waals surface area (Å²) >= 11 is 0. The molecule has 8 heteroatoms. The molecule has 7 nitrogen and oxygen atoms in total. The normalized spacial score (nSPS) is 11.1. The van der Waals surface area contributed by atoms with E-state index < -0.39 is 6.04 Å². The SMILES string of the molecule is CC(NCc1ccc(C(=N)N)cc1)C(=O)NCC(=O)NCCc1ccccc1.Cl. The van der Waals surface area contributed by atoms with Gasteiger partial charge < -0.3 is 21.7 Å². The first-order valence-corrected chi connectivity index (χ1v) is 9.20. The second kappa shape index (κ2) is 12.5. The van der Waals surface area contributed by atoms with Crippen LogP contribution in [0.3, 0.4) is 0 Å². The van der Waals surface area contributed by atoms with Crippen LogP contribution in [0.5, 0.6) is 0 Å². The minimum Gasteiger partial charge on any atom is -0.384 e. The van der Waals surface area contributed by atoms with Gasteiger partial charge in [0.05, 0.1) is 12.6 Å². The number of hydrogen-bond donors (Lipinski definition) is 5. The predicted octanol–water partition coefficient (Wildman–Crippen LogP) is 1.35. The number of nitrogens with two attached hydrogens (primary N) is 1. The molecule has 2 amide bonds. The molecule has 0 heterocycles. The van der Waals surface area contributed by atoms with Gasteiger partial charge in [-0.05, 0) is 24.5 Å². The van der Waals surface area contributed by atoms with Crippen LogP contribution in [0, 0.1) is 5.41 Å². The molecular weight excluding hydrogens is 390 g/mol. The number of carbonyl (C=O) groups excluding carboxylic acids is 2. The lowest BCUT2D eigenvalue weighted by Gasteiger charge is -2.14. The van der Waals surface area contributed by atoms with E-state index in [9.17, 15) is 9.59 Å². The summed E-state index contributed by atoms with van der Waals surface area (Å²) in [4.78, 5) is 24.0. The van der Waals surface area contributed by atoms with Gasteiger partial charge in [0.25, 0.3) is 0 Å². The summed E-state index contributed by atoms with van der Waals surface area (Å²) in [5, 5.41) is 15.9. The predicted molar refractivity (Wildman–Crippen MR) is 117 cm³/mol. The number of amides is 2. The molecule has 0 radical (unpaired) electrons. The Morgan fingerprint density at radius 3 is 2.28 bits per heavy atom. The monoisotopic (exact) mass is 417 g/mol. The maximum atomic E-state index is 12.1. The van der Waals surface area contributed by atoms with Gasteiger partial charge in [-0.15, -0.1) is 12.4 Å². The highest BCUT2D eigenvalue weighted by atomic mass is 35.5. The summed E-state index contributed by atoms with van der Waals surface area (Å²) in [7, 11) is 0. The molecule has 1 unspecified atom stereocenters. The van der Waals surface area contributed by atoms with Crippen molar-refractivity contribution in [3.63, 3.8) is 0 Å². The third-order valence-electron chi connectivity index (χ3n) is 4.27. The van der Waals surface area contributed by atoms with Gasteiger partial charge in [0, 0.05) is 18.7 Å². The van der Waals surface area contributed by atoms with Crippen molar-refractivity contribution in [3.8, 4) is 0 Å². The van der Waals surface area contributed by atoms with Crippen molar-refractivity contribution in [2.24, 2.45) is 5.73 Å². The Hall–Kier alpha value is -2.90. The molecule has 0 saturated carbocycles. The fourth-order valence-corrected chi connectivity index (χ4v) is 2.54. The van der Waals surface area contributed by atoms with Crippen LogP contribution in [0.1, 0.15) is 23.6 Å². The first kappa shape index (κ1) is 24.1. The summed E-state index contributed by atoms with van der Waals surface area (Å²) in [6.07, 6.45) is 0.751. The lowest BCUT2D eigenvalue weighted by molar-refractivity contribution is -0.127. The highest BCUT2D eigenvalue weighted by Crippen LogP contribution is 2.04. The molecule has 29 heavy (non-hydrogen) atoms. The van der Waals surface area contributed by atoms with E-state index >= 15 is 0 Å². The van der Waals surface area contributed by atoms with Gasteiger partial charge in [-0.3, -0.25) is 15.0 Å². The van der Waals surface area contributed by atoms with E-state index in [-0.39, 0.29) is 36.6 Å². The number of nitrogens with one attached hydrogen (secondary N) is 4. The van der Waals surface area contributed by atoms with Crippen LogP contribution < -0.4 is 21.7 Å². The molecule has 6 N–H and O–H groups in total. The van der Waals surface area contributed by atoms with Gasteiger partial charge in [-0.25, -0.2) is 0 Å². The van der Waals surface area contributed by atoms with E-state index in [4.69, 9.17) is 11.1 Å². The van der Waals surface area contributed by atoms with Crippen LogP contribution in [0.4, 0.5) is 0 Å². The van der Waals surface area contributed by atoms with Gasteiger partial charge in [-0.1, -0.05) is 54.6 Å². The zero-order valence-electron chi connectivity index (χ0n) is 16.4. The van der Waals surface area contributed by atoms with Crippen LogP contribution in [-0.4, -0.2) is 36.8 Å². The Balaban J connectivity index is 0.00000420. The minimum absolute atomic E-state index is 0. The molecule has 0 spiro atoms. The quantitative estimate of drug-likeness (QED) is 0.296. The second-order valence-electron chi connectivity index (χ2n) is 6.52. The van der Waals surface area contributed by atoms with E-state index in [1.54, 1.807) is 19.1 Å². The molecular formula is C21H28ClN5O2. The molecule has 1 atom stereocenters. The molecule has 2 aromatic carbocycles. The lowest BCUT2D eigenvalue weighted by Crippen LogP contribution is -2.45. The van der Waals surface area contributed by atoms with Crippen molar-refractivity contribution < 1.29 is 9.59 Å². The third kappa shape index (κ3) is 8.76. The highest BCUT2D eigenvalue weighted by molar-refractivity contribution is 5.94. The minimum atomic E-state index is -0.440. The van der Waals surface area contributed by atoms with Crippen molar-refractivity contribution in [2.75, 3.05) is 13.1 Å². The van der Waals surface area contributed by atoms with E-state index in [1.807, 2.05) is 42.5 Å². The Labute approximate surface area is 177 Å². The van der Waals surface area contributed by atoms with Crippen LogP contribution >= 0.6 is 12.4 Å². The van der Waals surface area contributed by atoms with Crippen LogP contribution in [0.25, 0.3) is 0 Å². The molecule has 0 aliphatic rings. The highest BCUT2D eigenvalue weighted by Gasteiger charge is 2.13. The van der Waals surface area contributed by atoms with Gasteiger partial charge >= 0.3 is 0 Å². The van der Waals surface area contributed by atoms with Crippen LogP contribution in [-0.2, 0) is 22.6 Å². The first-order chi connectivity index (χ1) is 13.5.